The van der Waals surface area contributed by atoms with Gasteiger partial charge in [-0.25, -0.2) is 0 Å². The molecule has 0 radical (unpaired) electrons. The molecule has 5 nitrogen and oxygen atoms in total. The van der Waals surface area contributed by atoms with Crippen molar-refractivity contribution in [2.24, 2.45) is 5.73 Å². The number of benzene rings is 2. The van der Waals surface area contributed by atoms with Crippen molar-refractivity contribution in [3.05, 3.63) is 70.3 Å². The second kappa shape index (κ2) is 10.0. The molecule has 0 unspecified atom stereocenters. The number of carbonyl (C=O) groups excluding carboxylic acids is 1. The lowest BCUT2D eigenvalue weighted by atomic mass is 9.98. The smallest absolute Gasteiger partial charge is 0.384 e. The lowest BCUT2D eigenvalue weighted by Gasteiger charge is -2.21. The Labute approximate surface area is 179 Å². The van der Waals surface area contributed by atoms with Gasteiger partial charge in [-0.05, 0) is 17.7 Å². The predicted molar refractivity (Wildman–Crippen MR) is 103 cm³/mol. The minimum atomic E-state index is -5.13. The molecule has 0 aromatic heterocycles. The highest BCUT2D eigenvalue weighted by Crippen LogP contribution is 2.39. The molecule has 4 N–H and O–H groups in total. The number of methoxy groups -OCH3 is 1. The van der Waals surface area contributed by atoms with Crippen LogP contribution in [0.3, 0.4) is 0 Å². The average Bonchev–Trinajstić information content (AvgIpc) is 2.65. The van der Waals surface area contributed by atoms with Gasteiger partial charge in [0.05, 0.1) is 11.1 Å². The van der Waals surface area contributed by atoms with Gasteiger partial charge in [0.15, 0.2) is 6.10 Å². The van der Waals surface area contributed by atoms with Crippen molar-refractivity contribution < 1.29 is 35.9 Å². The number of alkyl halides is 6. The van der Waals surface area contributed by atoms with Gasteiger partial charge in [-0.2, -0.15) is 26.3 Å². The lowest BCUT2D eigenvalue weighted by Crippen LogP contribution is -2.31. The molecule has 170 valence electrons. The minimum absolute atomic E-state index is 0. The highest BCUT2D eigenvalue weighted by atomic mass is 35.5. The molecule has 0 heterocycles. The summed E-state index contributed by atoms with van der Waals surface area (Å²) >= 11 is 0. The first-order valence-electron chi connectivity index (χ1n) is 8.36. The molecule has 0 bridgehead atoms. The normalized spacial score (nSPS) is 12.6. The SMILES string of the molecule is CO[C@H](C(=O)NCc1ccc(C(=N)N)cc1)c1ccc(C(F)(F)F)cc1C(F)(F)F.Cl. The summed E-state index contributed by atoms with van der Waals surface area (Å²) < 4.78 is 83.4. The summed E-state index contributed by atoms with van der Waals surface area (Å²) in [6.45, 7) is -0.0845. The van der Waals surface area contributed by atoms with Crippen molar-refractivity contribution in [3.8, 4) is 0 Å². The van der Waals surface area contributed by atoms with Crippen LogP contribution in [0.2, 0.25) is 0 Å². The zero-order chi connectivity index (χ0) is 22.7. The van der Waals surface area contributed by atoms with Gasteiger partial charge in [0.2, 0.25) is 0 Å². The molecule has 0 fully saturated rings. The predicted octanol–water partition coefficient (Wildman–Crippen LogP) is 4.43. The van der Waals surface area contributed by atoms with Gasteiger partial charge >= 0.3 is 12.4 Å². The van der Waals surface area contributed by atoms with E-state index in [-0.39, 0.29) is 30.9 Å². The van der Waals surface area contributed by atoms with E-state index in [0.29, 0.717) is 23.3 Å². The van der Waals surface area contributed by atoms with Gasteiger partial charge in [0.25, 0.3) is 5.91 Å². The molecule has 0 spiro atoms. The fraction of sp³-hybridized carbons (Fsp3) is 0.263. The summed E-state index contributed by atoms with van der Waals surface area (Å²) in [5.74, 6) is -1.12. The Bertz CT molecular complexity index is 930. The Kier molecular flexibility index (Phi) is 8.48. The molecule has 2 aromatic carbocycles. The van der Waals surface area contributed by atoms with E-state index >= 15 is 0 Å². The number of nitrogens with two attached hydrogens (primary N) is 1. The first-order chi connectivity index (χ1) is 13.8. The molecule has 0 aliphatic rings. The van der Waals surface area contributed by atoms with E-state index in [9.17, 15) is 31.1 Å². The number of hydrogen-bond donors (Lipinski definition) is 3. The Morgan fingerprint density at radius 1 is 1.06 bits per heavy atom. The number of rotatable bonds is 6. The topological polar surface area (TPSA) is 88.2 Å². The number of nitrogens with one attached hydrogen (secondary N) is 2. The van der Waals surface area contributed by atoms with E-state index in [2.05, 4.69) is 5.32 Å². The molecule has 1 atom stereocenters. The number of halogens is 7. The summed E-state index contributed by atoms with van der Waals surface area (Å²) in [7, 11) is 0.976. The standard InChI is InChI=1S/C19H17F6N3O2.ClH/c1-30-15(17(29)28-9-10-2-4-11(5-3-10)16(26)27)13-7-6-12(18(20,21)22)8-14(13)19(23,24)25;/h2-8,15H,9H2,1H3,(H3,26,27)(H,28,29);1H/t15-;/m0./s1. The number of ether oxygens (including phenoxy) is 1. The van der Waals surface area contributed by atoms with Crippen LogP contribution in [-0.2, 0) is 28.4 Å². The molecular weight excluding hydrogens is 452 g/mol. The zero-order valence-electron chi connectivity index (χ0n) is 15.9. The molecule has 0 aliphatic heterocycles. The van der Waals surface area contributed by atoms with Gasteiger partial charge < -0.3 is 15.8 Å². The van der Waals surface area contributed by atoms with Crippen molar-refractivity contribution in [2.75, 3.05) is 7.11 Å². The maximum atomic E-state index is 13.3. The third-order valence-corrected chi connectivity index (χ3v) is 4.17. The molecular formula is C19H18ClF6N3O2. The Hall–Kier alpha value is -2.79. The third-order valence-electron chi connectivity index (χ3n) is 4.17. The number of amidine groups is 1. The largest absolute Gasteiger partial charge is 0.416 e. The highest BCUT2D eigenvalue weighted by molar-refractivity contribution is 5.94. The molecule has 0 saturated heterocycles. The Balaban J connectivity index is 0.00000480. The van der Waals surface area contributed by atoms with Crippen molar-refractivity contribution in [2.45, 2.75) is 25.0 Å². The molecule has 1 amide bonds. The fourth-order valence-electron chi connectivity index (χ4n) is 2.67. The second-order valence-electron chi connectivity index (χ2n) is 6.24. The first kappa shape index (κ1) is 26.2. The van der Waals surface area contributed by atoms with Crippen molar-refractivity contribution >= 4 is 24.1 Å². The van der Waals surface area contributed by atoms with E-state index in [1.54, 1.807) is 12.1 Å². The number of amides is 1. The van der Waals surface area contributed by atoms with Crippen LogP contribution in [0.5, 0.6) is 0 Å². The summed E-state index contributed by atoms with van der Waals surface area (Å²) in [6, 6.07) is 7.15. The second-order valence-corrected chi connectivity index (χ2v) is 6.24. The van der Waals surface area contributed by atoms with E-state index in [1.807, 2.05) is 0 Å². The van der Waals surface area contributed by atoms with Gasteiger partial charge in [0, 0.05) is 24.8 Å². The molecule has 31 heavy (non-hydrogen) atoms. The third kappa shape index (κ3) is 6.59. The lowest BCUT2D eigenvalue weighted by molar-refractivity contribution is -0.145. The van der Waals surface area contributed by atoms with E-state index in [0.717, 1.165) is 7.11 Å². The van der Waals surface area contributed by atoms with Crippen molar-refractivity contribution in [1.82, 2.24) is 5.32 Å². The van der Waals surface area contributed by atoms with Gasteiger partial charge in [0.1, 0.15) is 5.84 Å². The van der Waals surface area contributed by atoms with Crippen molar-refractivity contribution in [1.29, 1.82) is 5.41 Å². The fourth-order valence-corrected chi connectivity index (χ4v) is 2.67. The quantitative estimate of drug-likeness (QED) is 0.332. The molecule has 0 aliphatic carbocycles. The summed E-state index contributed by atoms with van der Waals surface area (Å²) in [5, 5.41) is 9.69. The zero-order valence-corrected chi connectivity index (χ0v) is 16.7. The van der Waals surface area contributed by atoms with Crippen LogP contribution < -0.4 is 11.1 Å². The molecule has 2 rings (SSSR count). The number of carbonyl (C=O) groups is 1. The summed E-state index contributed by atoms with van der Waals surface area (Å²) in [6.07, 6.45) is -11.9. The summed E-state index contributed by atoms with van der Waals surface area (Å²) in [4.78, 5) is 12.4. The highest BCUT2D eigenvalue weighted by Gasteiger charge is 2.40. The van der Waals surface area contributed by atoms with Crippen LogP contribution in [0.15, 0.2) is 42.5 Å². The van der Waals surface area contributed by atoms with Gasteiger partial charge in [-0.15, -0.1) is 12.4 Å². The van der Waals surface area contributed by atoms with Crippen molar-refractivity contribution in [3.63, 3.8) is 0 Å². The van der Waals surface area contributed by atoms with Crippen LogP contribution in [-0.4, -0.2) is 18.9 Å². The first-order valence-corrected chi connectivity index (χ1v) is 8.36. The Morgan fingerprint density at radius 2 is 1.65 bits per heavy atom. The van der Waals surface area contributed by atoms with Gasteiger partial charge in [-0.3, -0.25) is 10.2 Å². The van der Waals surface area contributed by atoms with Crippen LogP contribution >= 0.6 is 12.4 Å². The molecule has 2 aromatic rings. The van der Waals surface area contributed by atoms with E-state index in [1.165, 1.54) is 12.1 Å². The van der Waals surface area contributed by atoms with E-state index in [4.69, 9.17) is 15.9 Å². The minimum Gasteiger partial charge on any atom is -0.384 e. The van der Waals surface area contributed by atoms with Crippen LogP contribution in [0.25, 0.3) is 0 Å². The van der Waals surface area contributed by atoms with Crippen LogP contribution in [0, 0.1) is 5.41 Å². The monoisotopic (exact) mass is 469 g/mol. The molecule has 0 saturated carbocycles. The average molecular weight is 470 g/mol. The van der Waals surface area contributed by atoms with Gasteiger partial charge in [-0.1, -0.05) is 30.3 Å². The van der Waals surface area contributed by atoms with Crippen LogP contribution in [0.1, 0.15) is 33.9 Å². The number of hydrogen-bond acceptors (Lipinski definition) is 3. The maximum Gasteiger partial charge on any atom is 0.416 e. The van der Waals surface area contributed by atoms with E-state index < -0.39 is 41.1 Å². The van der Waals surface area contributed by atoms with Crippen LogP contribution in [0.4, 0.5) is 26.3 Å². The molecule has 12 heteroatoms. The Morgan fingerprint density at radius 3 is 2.10 bits per heavy atom. The number of nitrogen functional groups attached to an aromatic ring is 1. The maximum absolute atomic E-state index is 13.3. The summed E-state index contributed by atoms with van der Waals surface area (Å²) in [5.41, 5.74) is 2.51.